The fourth-order valence-corrected chi connectivity index (χ4v) is 2.24. The van der Waals surface area contributed by atoms with Crippen LogP contribution in [-0.4, -0.2) is 33.5 Å². The van der Waals surface area contributed by atoms with Gasteiger partial charge in [-0.3, -0.25) is 0 Å². The van der Waals surface area contributed by atoms with E-state index in [1.54, 1.807) is 6.92 Å². The van der Waals surface area contributed by atoms with Crippen LogP contribution in [0.4, 0.5) is 22.0 Å². The first-order chi connectivity index (χ1) is 11.3. The predicted octanol–water partition coefficient (Wildman–Crippen LogP) is 3.89. The van der Waals surface area contributed by atoms with Crippen molar-refractivity contribution in [3.05, 3.63) is 35.7 Å². The molecule has 0 saturated heterocycles. The Kier molecular flexibility index (Phi) is 5.75. The van der Waals surface area contributed by atoms with Gasteiger partial charge in [-0.2, -0.15) is 31.7 Å². The maximum absolute atomic E-state index is 12.9. The molecule has 24 heavy (non-hydrogen) atoms. The third-order valence-electron chi connectivity index (χ3n) is 2.57. The molecule has 0 aliphatic carbocycles. The molecule has 1 aromatic carbocycles. The molecule has 1 aromatic heterocycles. The number of aromatic nitrogens is 3. The van der Waals surface area contributed by atoms with Crippen LogP contribution in [0, 0.1) is 0 Å². The first kappa shape index (κ1) is 18.2. The molecule has 0 atom stereocenters. The van der Waals surface area contributed by atoms with Crippen molar-refractivity contribution < 1.29 is 26.7 Å². The summed E-state index contributed by atoms with van der Waals surface area (Å²) < 4.78 is 67.6. The summed E-state index contributed by atoms with van der Waals surface area (Å²) in [5, 5.41) is 10.3. The summed E-state index contributed by atoms with van der Waals surface area (Å²) in [7, 11) is 0. The van der Waals surface area contributed by atoms with Crippen molar-refractivity contribution in [1.29, 1.82) is 0 Å². The zero-order valence-electron chi connectivity index (χ0n) is 12.2. The molecular formula is C13H11F5N4OS. The van der Waals surface area contributed by atoms with Crippen molar-refractivity contribution in [2.45, 2.75) is 24.9 Å². The second kappa shape index (κ2) is 7.60. The predicted molar refractivity (Wildman–Crippen MR) is 77.5 cm³/mol. The van der Waals surface area contributed by atoms with Crippen molar-refractivity contribution in [3.8, 4) is 5.75 Å². The van der Waals surface area contributed by atoms with Crippen molar-refractivity contribution >= 4 is 18.0 Å². The zero-order valence-corrected chi connectivity index (χ0v) is 13.0. The molecule has 0 aliphatic rings. The normalized spacial score (nSPS) is 12.3. The Hall–Kier alpha value is -2.17. The summed E-state index contributed by atoms with van der Waals surface area (Å²) in [6.45, 7) is -1.20. The van der Waals surface area contributed by atoms with Gasteiger partial charge >= 0.3 is 12.8 Å². The highest BCUT2D eigenvalue weighted by Gasteiger charge is 2.38. The Morgan fingerprint density at radius 2 is 1.92 bits per heavy atom. The highest BCUT2D eigenvalue weighted by molar-refractivity contribution is 7.99. The van der Waals surface area contributed by atoms with Crippen LogP contribution in [0.2, 0.25) is 0 Å². The average molecular weight is 366 g/mol. The van der Waals surface area contributed by atoms with Crippen molar-refractivity contribution in [2.24, 2.45) is 5.10 Å². The maximum atomic E-state index is 12.9. The van der Waals surface area contributed by atoms with Gasteiger partial charge in [0, 0.05) is 0 Å². The van der Waals surface area contributed by atoms with Gasteiger partial charge in [-0.05, 0) is 35.6 Å². The summed E-state index contributed by atoms with van der Waals surface area (Å²) in [4.78, 5) is 0. The van der Waals surface area contributed by atoms with Crippen LogP contribution in [0.25, 0.3) is 0 Å². The molecule has 2 aromatic rings. The second-order valence-electron chi connectivity index (χ2n) is 4.24. The maximum Gasteiger partial charge on any atom is 0.453 e. The highest BCUT2D eigenvalue weighted by atomic mass is 32.2. The third-order valence-corrected chi connectivity index (χ3v) is 3.37. The van der Waals surface area contributed by atoms with Crippen LogP contribution in [0.1, 0.15) is 18.3 Å². The van der Waals surface area contributed by atoms with E-state index in [9.17, 15) is 22.0 Å². The lowest BCUT2D eigenvalue weighted by Crippen LogP contribution is -2.13. The van der Waals surface area contributed by atoms with Crippen LogP contribution >= 0.6 is 11.8 Å². The van der Waals surface area contributed by atoms with E-state index >= 15 is 0 Å². The lowest BCUT2D eigenvalue weighted by molar-refractivity contribution is -0.147. The average Bonchev–Trinajstić information content (AvgIpc) is 2.89. The SMILES string of the molecule is CCSc1nnc(C(F)(F)F)n1N=Cc1ccc(OC(F)F)cc1. The molecule has 0 saturated carbocycles. The number of rotatable bonds is 6. The monoisotopic (exact) mass is 366 g/mol. The van der Waals surface area contributed by atoms with Crippen molar-refractivity contribution in [2.75, 3.05) is 5.75 Å². The number of thioether (sulfide) groups is 1. The van der Waals surface area contributed by atoms with Crippen LogP contribution in [-0.2, 0) is 6.18 Å². The summed E-state index contributed by atoms with van der Waals surface area (Å²) in [5.41, 5.74) is 0.394. The molecule has 2 rings (SSSR count). The molecule has 0 bridgehead atoms. The fraction of sp³-hybridized carbons (Fsp3) is 0.308. The van der Waals surface area contributed by atoms with Crippen molar-refractivity contribution in [3.63, 3.8) is 0 Å². The Morgan fingerprint density at radius 3 is 2.46 bits per heavy atom. The Morgan fingerprint density at radius 1 is 1.25 bits per heavy atom. The molecule has 11 heteroatoms. The number of alkyl halides is 5. The van der Waals surface area contributed by atoms with Gasteiger partial charge in [0.15, 0.2) is 0 Å². The molecule has 0 aliphatic heterocycles. The molecular weight excluding hydrogens is 355 g/mol. The van der Waals surface area contributed by atoms with E-state index in [-0.39, 0.29) is 10.9 Å². The number of hydrogen-bond donors (Lipinski definition) is 0. The zero-order chi connectivity index (χ0) is 17.7. The Labute approximate surface area is 137 Å². The van der Waals surface area contributed by atoms with E-state index in [1.165, 1.54) is 24.3 Å². The number of ether oxygens (including phenoxy) is 1. The van der Waals surface area contributed by atoms with E-state index in [4.69, 9.17) is 0 Å². The van der Waals surface area contributed by atoms with Crippen LogP contribution in [0.5, 0.6) is 5.75 Å². The number of hydrogen-bond acceptors (Lipinski definition) is 5. The molecule has 0 radical (unpaired) electrons. The minimum atomic E-state index is -4.70. The summed E-state index contributed by atoms with van der Waals surface area (Å²) >= 11 is 1.06. The standard InChI is InChI=1S/C13H11F5N4OS/c1-2-24-12-21-20-10(13(16,17)18)22(12)19-7-8-3-5-9(6-4-8)23-11(14)15/h3-7,11H,2H2,1H3. The molecule has 130 valence electrons. The van der Waals surface area contributed by atoms with Gasteiger partial charge in [0.05, 0.1) is 6.21 Å². The minimum absolute atomic E-state index is 0.00118. The molecule has 0 N–H and O–H groups in total. The van der Waals surface area contributed by atoms with Gasteiger partial charge in [-0.1, -0.05) is 18.7 Å². The number of nitrogens with zero attached hydrogens (tertiary/aromatic N) is 4. The number of halogens is 5. The molecule has 5 nitrogen and oxygen atoms in total. The first-order valence-electron chi connectivity index (χ1n) is 6.56. The van der Waals surface area contributed by atoms with E-state index in [0.717, 1.165) is 18.0 Å². The number of benzene rings is 1. The van der Waals surface area contributed by atoms with E-state index in [2.05, 4.69) is 20.0 Å². The lowest BCUT2D eigenvalue weighted by atomic mass is 10.2. The Bertz CT molecular complexity index is 699. The van der Waals surface area contributed by atoms with E-state index < -0.39 is 18.6 Å². The molecule has 0 unspecified atom stereocenters. The first-order valence-corrected chi connectivity index (χ1v) is 7.54. The second-order valence-corrected chi connectivity index (χ2v) is 5.47. The summed E-state index contributed by atoms with van der Waals surface area (Å²) in [5.74, 6) is -0.817. The van der Waals surface area contributed by atoms with Gasteiger partial charge in [0.2, 0.25) is 5.16 Å². The van der Waals surface area contributed by atoms with Crippen molar-refractivity contribution in [1.82, 2.24) is 14.9 Å². The summed E-state index contributed by atoms with van der Waals surface area (Å²) in [6.07, 6.45) is -3.56. The fourth-order valence-electron chi connectivity index (χ4n) is 1.63. The van der Waals surface area contributed by atoms with Gasteiger partial charge in [0.1, 0.15) is 5.75 Å². The van der Waals surface area contributed by atoms with Crippen LogP contribution < -0.4 is 4.74 Å². The van der Waals surface area contributed by atoms with Gasteiger partial charge in [-0.25, -0.2) is 0 Å². The smallest absolute Gasteiger partial charge is 0.435 e. The van der Waals surface area contributed by atoms with Gasteiger partial charge in [-0.15, -0.1) is 10.2 Å². The molecule has 0 fully saturated rings. The molecule has 0 spiro atoms. The van der Waals surface area contributed by atoms with Crippen LogP contribution in [0.3, 0.4) is 0 Å². The third kappa shape index (κ3) is 4.66. The highest BCUT2D eigenvalue weighted by Crippen LogP contribution is 2.30. The Balaban J connectivity index is 2.26. The topological polar surface area (TPSA) is 52.3 Å². The molecule has 0 amide bonds. The quantitative estimate of drug-likeness (QED) is 0.442. The van der Waals surface area contributed by atoms with E-state index in [0.29, 0.717) is 16.0 Å². The largest absolute Gasteiger partial charge is 0.453 e. The van der Waals surface area contributed by atoms with Crippen LogP contribution in [0.15, 0.2) is 34.5 Å². The van der Waals surface area contributed by atoms with Gasteiger partial charge in [0.25, 0.3) is 5.82 Å². The summed E-state index contributed by atoms with van der Waals surface area (Å²) in [6, 6.07) is 5.27. The van der Waals surface area contributed by atoms with E-state index in [1.807, 2.05) is 0 Å². The lowest BCUT2D eigenvalue weighted by Gasteiger charge is -2.06. The minimum Gasteiger partial charge on any atom is -0.435 e. The molecule has 1 heterocycles. The van der Waals surface area contributed by atoms with Gasteiger partial charge < -0.3 is 4.74 Å².